The Morgan fingerprint density at radius 1 is 1.35 bits per heavy atom. The Labute approximate surface area is 103 Å². The zero-order valence-electron chi connectivity index (χ0n) is 11.1. The molecule has 0 radical (unpaired) electrons. The monoisotopic (exact) mass is 238 g/mol. The van der Waals surface area contributed by atoms with Gasteiger partial charge in [-0.2, -0.15) is 0 Å². The van der Waals surface area contributed by atoms with Crippen LogP contribution in [-0.4, -0.2) is 24.3 Å². The summed E-state index contributed by atoms with van der Waals surface area (Å²) in [4.78, 5) is 4.35. The van der Waals surface area contributed by atoms with Gasteiger partial charge in [0, 0.05) is 25.8 Å². The highest BCUT2D eigenvalue weighted by Crippen LogP contribution is 2.19. The number of aromatic nitrogens is 1. The minimum atomic E-state index is -0.166. The van der Waals surface area contributed by atoms with Crippen LogP contribution in [-0.2, 0) is 11.3 Å². The van der Waals surface area contributed by atoms with Gasteiger partial charge >= 0.3 is 0 Å². The zero-order valence-corrected chi connectivity index (χ0v) is 11.1. The van der Waals surface area contributed by atoms with Crippen molar-refractivity contribution < 1.29 is 9.47 Å². The van der Waals surface area contributed by atoms with Gasteiger partial charge in [-0.15, -0.1) is 0 Å². The first-order valence-corrected chi connectivity index (χ1v) is 5.83. The van der Waals surface area contributed by atoms with Crippen molar-refractivity contribution in [2.45, 2.75) is 39.3 Å². The number of rotatable bonds is 6. The molecule has 0 spiro atoms. The summed E-state index contributed by atoms with van der Waals surface area (Å²) < 4.78 is 11.0. The van der Waals surface area contributed by atoms with Gasteiger partial charge in [-0.25, -0.2) is 0 Å². The first-order valence-electron chi connectivity index (χ1n) is 5.83. The van der Waals surface area contributed by atoms with Crippen molar-refractivity contribution in [3.63, 3.8) is 0 Å². The van der Waals surface area contributed by atoms with Crippen LogP contribution >= 0.6 is 0 Å². The molecule has 4 nitrogen and oxygen atoms in total. The summed E-state index contributed by atoms with van der Waals surface area (Å²) in [6.07, 6.45) is 0.821. The standard InChI is InChI=1S/C13H22N2O2/c1-10-5-6-12(11(9-14)15-10)17-8-7-13(2,3)16-4/h5-6H,7-9,14H2,1-4H3. The molecule has 1 aromatic rings. The molecular weight excluding hydrogens is 216 g/mol. The van der Waals surface area contributed by atoms with E-state index < -0.39 is 0 Å². The van der Waals surface area contributed by atoms with Gasteiger partial charge in [-0.05, 0) is 32.9 Å². The summed E-state index contributed by atoms with van der Waals surface area (Å²) in [5, 5.41) is 0. The van der Waals surface area contributed by atoms with Gasteiger partial charge in [0.2, 0.25) is 0 Å². The Balaban J connectivity index is 2.57. The number of ether oxygens (including phenoxy) is 2. The quantitative estimate of drug-likeness (QED) is 0.824. The van der Waals surface area contributed by atoms with E-state index in [4.69, 9.17) is 15.2 Å². The minimum absolute atomic E-state index is 0.166. The predicted molar refractivity (Wildman–Crippen MR) is 68.1 cm³/mol. The molecule has 0 amide bonds. The van der Waals surface area contributed by atoms with Crippen molar-refractivity contribution >= 4 is 0 Å². The van der Waals surface area contributed by atoms with Gasteiger partial charge in [0.15, 0.2) is 0 Å². The Bertz CT molecular complexity index is 364. The SMILES string of the molecule is COC(C)(C)CCOc1ccc(C)nc1CN. The Kier molecular flexibility index (Phi) is 4.90. The highest BCUT2D eigenvalue weighted by Gasteiger charge is 2.16. The number of hydrogen-bond acceptors (Lipinski definition) is 4. The molecule has 0 unspecified atom stereocenters. The third-order valence-corrected chi connectivity index (χ3v) is 2.78. The van der Waals surface area contributed by atoms with Crippen molar-refractivity contribution in [1.29, 1.82) is 0 Å². The Morgan fingerprint density at radius 3 is 2.65 bits per heavy atom. The van der Waals surface area contributed by atoms with Crippen molar-refractivity contribution in [1.82, 2.24) is 4.98 Å². The van der Waals surface area contributed by atoms with Crippen LogP contribution in [0.2, 0.25) is 0 Å². The van der Waals surface area contributed by atoms with E-state index >= 15 is 0 Å². The van der Waals surface area contributed by atoms with E-state index in [-0.39, 0.29) is 5.60 Å². The van der Waals surface area contributed by atoms with E-state index in [1.807, 2.05) is 32.9 Å². The lowest BCUT2D eigenvalue weighted by Gasteiger charge is -2.22. The molecule has 96 valence electrons. The number of hydrogen-bond donors (Lipinski definition) is 1. The first kappa shape index (κ1) is 13.9. The van der Waals surface area contributed by atoms with E-state index in [1.54, 1.807) is 7.11 Å². The Hall–Kier alpha value is -1.13. The maximum Gasteiger partial charge on any atom is 0.142 e. The molecule has 0 aliphatic carbocycles. The first-order chi connectivity index (χ1) is 7.98. The number of pyridine rings is 1. The lowest BCUT2D eigenvalue weighted by molar-refractivity contribution is 0.00534. The molecule has 0 aromatic carbocycles. The Morgan fingerprint density at radius 2 is 2.06 bits per heavy atom. The van der Waals surface area contributed by atoms with Crippen LogP contribution < -0.4 is 10.5 Å². The molecule has 0 atom stereocenters. The van der Waals surface area contributed by atoms with Crippen LogP contribution in [0.25, 0.3) is 0 Å². The highest BCUT2D eigenvalue weighted by atomic mass is 16.5. The molecule has 17 heavy (non-hydrogen) atoms. The summed E-state index contributed by atoms with van der Waals surface area (Å²) in [7, 11) is 1.71. The van der Waals surface area contributed by atoms with E-state index in [0.29, 0.717) is 13.2 Å². The van der Waals surface area contributed by atoms with Crippen LogP contribution in [0.3, 0.4) is 0 Å². The van der Waals surface area contributed by atoms with Crippen molar-refractivity contribution in [3.8, 4) is 5.75 Å². The van der Waals surface area contributed by atoms with E-state index in [2.05, 4.69) is 4.98 Å². The fourth-order valence-electron chi connectivity index (χ4n) is 1.38. The van der Waals surface area contributed by atoms with Gasteiger partial charge in [0.25, 0.3) is 0 Å². The molecule has 4 heteroatoms. The largest absolute Gasteiger partial charge is 0.492 e. The van der Waals surface area contributed by atoms with Gasteiger partial charge in [-0.1, -0.05) is 0 Å². The van der Waals surface area contributed by atoms with Crippen LogP contribution in [0, 0.1) is 6.92 Å². The number of aryl methyl sites for hydroxylation is 1. The summed E-state index contributed by atoms with van der Waals surface area (Å²) in [6.45, 7) is 7.00. The van der Waals surface area contributed by atoms with Gasteiger partial charge in [0.1, 0.15) is 5.75 Å². The molecule has 1 heterocycles. The molecule has 0 fully saturated rings. The predicted octanol–water partition coefficient (Wildman–Crippen LogP) is 2.04. The molecule has 0 saturated heterocycles. The average Bonchev–Trinajstić information content (AvgIpc) is 2.30. The number of nitrogens with zero attached hydrogens (tertiary/aromatic N) is 1. The van der Waals surface area contributed by atoms with E-state index in [1.165, 1.54) is 0 Å². The maximum absolute atomic E-state index is 5.70. The van der Waals surface area contributed by atoms with Gasteiger partial charge in [0.05, 0.1) is 17.9 Å². The third kappa shape index (κ3) is 4.32. The van der Waals surface area contributed by atoms with Crippen molar-refractivity contribution in [3.05, 3.63) is 23.5 Å². The number of methoxy groups -OCH3 is 1. The molecule has 0 bridgehead atoms. The fourth-order valence-corrected chi connectivity index (χ4v) is 1.38. The number of nitrogens with two attached hydrogens (primary N) is 1. The molecular formula is C13H22N2O2. The van der Waals surface area contributed by atoms with Gasteiger partial charge in [-0.3, -0.25) is 4.98 Å². The molecule has 2 N–H and O–H groups in total. The lowest BCUT2D eigenvalue weighted by atomic mass is 10.1. The molecule has 0 aliphatic rings. The summed E-state index contributed by atoms with van der Waals surface area (Å²) in [5.74, 6) is 0.769. The van der Waals surface area contributed by atoms with Crippen LogP contribution in [0.4, 0.5) is 0 Å². The average molecular weight is 238 g/mol. The smallest absolute Gasteiger partial charge is 0.142 e. The van der Waals surface area contributed by atoms with E-state index in [9.17, 15) is 0 Å². The normalized spacial score (nSPS) is 11.6. The second-order valence-corrected chi connectivity index (χ2v) is 4.66. The highest BCUT2D eigenvalue weighted by molar-refractivity contribution is 5.29. The summed E-state index contributed by atoms with van der Waals surface area (Å²) in [6, 6.07) is 3.85. The molecule has 0 saturated carbocycles. The minimum Gasteiger partial charge on any atom is -0.492 e. The molecule has 0 aliphatic heterocycles. The molecule has 1 rings (SSSR count). The second-order valence-electron chi connectivity index (χ2n) is 4.66. The van der Waals surface area contributed by atoms with Crippen molar-refractivity contribution in [2.75, 3.05) is 13.7 Å². The summed E-state index contributed by atoms with van der Waals surface area (Å²) >= 11 is 0. The van der Waals surface area contributed by atoms with Gasteiger partial charge < -0.3 is 15.2 Å². The maximum atomic E-state index is 5.70. The van der Waals surface area contributed by atoms with Crippen LogP contribution in [0.15, 0.2) is 12.1 Å². The second kappa shape index (κ2) is 5.98. The lowest BCUT2D eigenvalue weighted by Crippen LogP contribution is -2.25. The van der Waals surface area contributed by atoms with Crippen LogP contribution in [0.1, 0.15) is 31.7 Å². The third-order valence-electron chi connectivity index (χ3n) is 2.78. The topological polar surface area (TPSA) is 57.4 Å². The molecule has 1 aromatic heterocycles. The van der Waals surface area contributed by atoms with E-state index in [0.717, 1.165) is 23.6 Å². The zero-order chi connectivity index (χ0) is 12.9. The fraction of sp³-hybridized carbons (Fsp3) is 0.615. The summed E-state index contributed by atoms with van der Waals surface area (Å²) in [5.41, 5.74) is 7.23. The van der Waals surface area contributed by atoms with Crippen molar-refractivity contribution in [2.24, 2.45) is 5.73 Å². The van der Waals surface area contributed by atoms with Crippen LogP contribution in [0.5, 0.6) is 5.75 Å².